The summed E-state index contributed by atoms with van der Waals surface area (Å²) in [6.07, 6.45) is 2.14. The van der Waals surface area contributed by atoms with Crippen molar-refractivity contribution in [3.8, 4) is 5.75 Å². The van der Waals surface area contributed by atoms with Gasteiger partial charge in [0.05, 0.1) is 12.8 Å². The van der Waals surface area contributed by atoms with Crippen molar-refractivity contribution in [2.45, 2.75) is 19.6 Å². The van der Waals surface area contributed by atoms with Gasteiger partial charge >= 0.3 is 6.03 Å². The summed E-state index contributed by atoms with van der Waals surface area (Å²) in [5, 5.41) is 26.8. The van der Waals surface area contributed by atoms with Gasteiger partial charge < -0.3 is 30.9 Å². The fourth-order valence-electron chi connectivity index (χ4n) is 3.44. The molecule has 2 aromatic heterocycles. The van der Waals surface area contributed by atoms with Crippen LogP contribution in [0.4, 0.5) is 16.2 Å². The highest BCUT2D eigenvalue weighted by molar-refractivity contribution is 6.04. The summed E-state index contributed by atoms with van der Waals surface area (Å²) in [6.45, 7) is 1.71. The number of pyridine rings is 1. The number of rotatable bonds is 9. The second-order valence-corrected chi connectivity index (χ2v) is 8.16. The highest BCUT2D eigenvalue weighted by Gasteiger charge is 2.15. The molecule has 0 fully saturated rings. The molecule has 4 rings (SSSR count). The van der Waals surface area contributed by atoms with E-state index in [0.29, 0.717) is 28.5 Å². The fourth-order valence-corrected chi connectivity index (χ4v) is 3.44. The van der Waals surface area contributed by atoms with E-state index in [1.54, 1.807) is 34.9 Å². The molecule has 10 nitrogen and oxygen atoms in total. The SMILES string of the molecule is Cc1ccc(CNC(=O)Nc2ccccc2)cc1NC(=O)c1cnc2cc(OCC(O)CO)ccn12. The van der Waals surface area contributed by atoms with Gasteiger partial charge in [0, 0.05) is 30.2 Å². The van der Waals surface area contributed by atoms with Crippen LogP contribution in [0.3, 0.4) is 0 Å². The number of imidazole rings is 1. The molecular weight excluding hydrogens is 462 g/mol. The van der Waals surface area contributed by atoms with Crippen molar-refractivity contribution in [2.75, 3.05) is 23.8 Å². The van der Waals surface area contributed by atoms with Gasteiger partial charge in [-0.3, -0.25) is 9.20 Å². The zero-order chi connectivity index (χ0) is 25.5. The number of ether oxygens (including phenoxy) is 1. The Morgan fingerprint density at radius 2 is 1.89 bits per heavy atom. The maximum absolute atomic E-state index is 13.0. The fraction of sp³-hybridized carbons (Fsp3) is 0.192. The van der Waals surface area contributed by atoms with Crippen molar-refractivity contribution in [3.63, 3.8) is 0 Å². The molecule has 0 aliphatic rings. The van der Waals surface area contributed by atoms with E-state index < -0.39 is 12.7 Å². The molecule has 0 aliphatic heterocycles. The monoisotopic (exact) mass is 489 g/mol. The Morgan fingerprint density at radius 1 is 1.08 bits per heavy atom. The molecule has 5 N–H and O–H groups in total. The first-order valence-electron chi connectivity index (χ1n) is 11.3. The van der Waals surface area contributed by atoms with E-state index in [2.05, 4.69) is 20.9 Å². The zero-order valence-electron chi connectivity index (χ0n) is 19.6. The number of hydrogen-bond donors (Lipinski definition) is 5. The van der Waals surface area contributed by atoms with Gasteiger partial charge in [0.1, 0.15) is 29.8 Å². The van der Waals surface area contributed by atoms with Crippen molar-refractivity contribution in [1.82, 2.24) is 14.7 Å². The van der Waals surface area contributed by atoms with E-state index >= 15 is 0 Å². The van der Waals surface area contributed by atoms with Gasteiger partial charge in [-0.25, -0.2) is 9.78 Å². The minimum atomic E-state index is -0.977. The first-order chi connectivity index (χ1) is 17.4. The average Bonchev–Trinajstić information content (AvgIpc) is 3.31. The minimum Gasteiger partial charge on any atom is -0.491 e. The number of amides is 3. The Morgan fingerprint density at radius 3 is 2.67 bits per heavy atom. The quantitative estimate of drug-likeness (QED) is 0.245. The summed E-state index contributed by atoms with van der Waals surface area (Å²) in [5.41, 5.74) is 3.83. The number of anilines is 2. The van der Waals surface area contributed by atoms with Crippen molar-refractivity contribution < 1.29 is 24.5 Å². The third kappa shape index (κ3) is 6.17. The molecule has 3 amide bonds. The first kappa shape index (κ1) is 24.7. The van der Waals surface area contributed by atoms with Crippen LogP contribution in [0, 0.1) is 6.92 Å². The van der Waals surface area contributed by atoms with Crippen molar-refractivity contribution in [1.29, 1.82) is 0 Å². The number of hydrogen-bond acceptors (Lipinski definition) is 6. The zero-order valence-corrected chi connectivity index (χ0v) is 19.6. The van der Waals surface area contributed by atoms with E-state index in [1.165, 1.54) is 6.20 Å². The standard InChI is InChI=1S/C26H27N5O5/c1-17-7-8-18(13-28-26(35)29-19-5-3-2-4-6-19)11-22(17)30-25(34)23-14-27-24-12-21(9-10-31(23)24)36-16-20(33)15-32/h2-12,14,20,32-33H,13,15-16H2,1H3,(H,30,34)(H2,28,29,35). The molecule has 0 saturated heterocycles. The Balaban J connectivity index is 1.40. The van der Waals surface area contributed by atoms with Crippen LogP contribution in [0.25, 0.3) is 5.65 Å². The molecule has 0 bridgehead atoms. The maximum Gasteiger partial charge on any atom is 0.319 e. The summed E-state index contributed by atoms with van der Waals surface area (Å²) in [5.74, 6) is 0.113. The molecule has 1 atom stereocenters. The van der Waals surface area contributed by atoms with Crippen LogP contribution >= 0.6 is 0 Å². The number of urea groups is 1. The third-order valence-electron chi connectivity index (χ3n) is 5.41. The molecule has 0 spiro atoms. The van der Waals surface area contributed by atoms with Crippen molar-refractivity contribution in [3.05, 3.63) is 89.9 Å². The van der Waals surface area contributed by atoms with Gasteiger partial charge in [-0.2, -0.15) is 0 Å². The molecular formula is C26H27N5O5. The first-order valence-corrected chi connectivity index (χ1v) is 11.3. The van der Waals surface area contributed by atoms with Crippen LogP contribution < -0.4 is 20.7 Å². The topological polar surface area (TPSA) is 137 Å². The Bertz CT molecular complexity index is 1360. The van der Waals surface area contributed by atoms with Gasteiger partial charge in [0.25, 0.3) is 5.91 Å². The van der Waals surface area contributed by atoms with E-state index in [1.807, 2.05) is 43.3 Å². The Labute approximate surface area is 207 Å². The predicted octanol–water partition coefficient (Wildman–Crippen LogP) is 2.95. The van der Waals surface area contributed by atoms with E-state index in [0.717, 1.165) is 11.1 Å². The maximum atomic E-state index is 13.0. The number of nitrogens with one attached hydrogen (secondary N) is 3. The molecule has 4 aromatic rings. The lowest BCUT2D eigenvalue weighted by Gasteiger charge is -2.12. The summed E-state index contributed by atoms with van der Waals surface area (Å²) in [7, 11) is 0. The molecule has 186 valence electrons. The molecule has 1 unspecified atom stereocenters. The molecule has 2 aromatic carbocycles. The smallest absolute Gasteiger partial charge is 0.319 e. The second kappa shape index (κ2) is 11.3. The minimum absolute atomic E-state index is 0.0564. The summed E-state index contributed by atoms with van der Waals surface area (Å²) >= 11 is 0. The Hall–Kier alpha value is -4.41. The normalized spacial score (nSPS) is 11.6. The number of benzene rings is 2. The molecule has 10 heteroatoms. The molecule has 0 saturated carbocycles. The highest BCUT2D eigenvalue weighted by Crippen LogP contribution is 2.20. The third-order valence-corrected chi connectivity index (χ3v) is 5.41. The highest BCUT2D eigenvalue weighted by atomic mass is 16.5. The number of aromatic nitrogens is 2. The van der Waals surface area contributed by atoms with Crippen LogP contribution in [0.2, 0.25) is 0 Å². The van der Waals surface area contributed by atoms with E-state index in [-0.39, 0.29) is 25.1 Å². The lowest BCUT2D eigenvalue weighted by molar-refractivity contribution is 0.0536. The molecule has 36 heavy (non-hydrogen) atoms. The van der Waals surface area contributed by atoms with Crippen molar-refractivity contribution in [2.24, 2.45) is 0 Å². The number of carbonyl (C=O) groups excluding carboxylic acids is 2. The summed E-state index contributed by atoms with van der Waals surface area (Å²) in [6, 6.07) is 17.7. The van der Waals surface area contributed by atoms with Crippen LogP contribution in [0.5, 0.6) is 5.75 Å². The average molecular weight is 490 g/mol. The number of nitrogens with zero attached hydrogens (tertiary/aromatic N) is 2. The number of aliphatic hydroxyl groups excluding tert-OH is 2. The van der Waals surface area contributed by atoms with Gasteiger partial charge in [0.15, 0.2) is 0 Å². The van der Waals surface area contributed by atoms with Gasteiger partial charge in [0.2, 0.25) is 0 Å². The lowest BCUT2D eigenvalue weighted by Crippen LogP contribution is -2.28. The second-order valence-electron chi connectivity index (χ2n) is 8.16. The number of para-hydroxylation sites is 1. The molecule has 0 aliphatic carbocycles. The van der Waals surface area contributed by atoms with Crippen molar-refractivity contribution >= 4 is 29.0 Å². The van der Waals surface area contributed by atoms with Gasteiger partial charge in [-0.15, -0.1) is 0 Å². The summed E-state index contributed by atoms with van der Waals surface area (Å²) in [4.78, 5) is 29.5. The van der Waals surface area contributed by atoms with Gasteiger partial charge in [-0.1, -0.05) is 30.3 Å². The van der Waals surface area contributed by atoms with Crippen LogP contribution in [0.1, 0.15) is 21.6 Å². The largest absolute Gasteiger partial charge is 0.491 e. The number of carbonyl (C=O) groups is 2. The molecule has 0 radical (unpaired) electrons. The van der Waals surface area contributed by atoms with Crippen LogP contribution in [-0.2, 0) is 6.54 Å². The molecule has 2 heterocycles. The lowest BCUT2D eigenvalue weighted by atomic mass is 10.1. The van der Waals surface area contributed by atoms with Gasteiger partial charge in [-0.05, 0) is 42.3 Å². The number of aryl methyl sites for hydroxylation is 1. The number of aliphatic hydroxyl groups is 2. The summed E-state index contributed by atoms with van der Waals surface area (Å²) < 4.78 is 7.06. The van der Waals surface area contributed by atoms with Crippen LogP contribution in [-0.4, -0.2) is 50.9 Å². The predicted molar refractivity (Wildman–Crippen MR) is 135 cm³/mol. The van der Waals surface area contributed by atoms with E-state index in [4.69, 9.17) is 9.84 Å². The Kier molecular flexibility index (Phi) is 7.79. The number of fused-ring (bicyclic) bond motifs is 1. The van der Waals surface area contributed by atoms with Crippen LogP contribution in [0.15, 0.2) is 73.1 Å². The van der Waals surface area contributed by atoms with E-state index in [9.17, 15) is 14.7 Å².